The van der Waals surface area contributed by atoms with Crippen LogP contribution in [-0.4, -0.2) is 30.4 Å². The Hall–Kier alpha value is -1.39. The second-order valence-corrected chi connectivity index (χ2v) is 7.00. The lowest BCUT2D eigenvalue weighted by atomic mass is 10.1. The molecule has 0 N–H and O–H groups in total. The SMILES string of the molecule is CCCCCCCCCCCOC(=O)CCCCC(=O)OC(C)C(C)=O. The van der Waals surface area contributed by atoms with Crippen LogP contribution >= 0.6 is 0 Å². The molecule has 5 nitrogen and oxygen atoms in total. The minimum atomic E-state index is -0.691. The molecule has 0 fully saturated rings. The van der Waals surface area contributed by atoms with Gasteiger partial charge in [-0.25, -0.2) is 0 Å². The third kappa shape index (κ3) is 16.1. The fourth-order valence-corrected chi connectivity index (χ4v) is 2.55. The van der Waals surface area contributed by atoms with Crippen molar-refractivity contribution in [2.75, 3.05) is 6.61 Å². The molecule has 5 heteroatoms. The van der Waals surface area contributed by atoms with Gasteiger partial charge in [-0.2, -0.15) is 0 Å². The number of hydrogen-bond donors (Lipinski definition) is 0. The summed E-state index contributed by atoms with van der Waals surface area (Å²) in [4.78, 5) is 34.1. The Morgan fingerprint density at radius 1 is 0.731 bits per heavy atom. The number of esters is 2. The first kappa shape index (κ1) is 24.6. The maximum Gasteiger partial charge on any atom is 0.306 e. The molecule has 0 aliphatic carbocycles. The standard InChI is InChI=1S/C21H38O5/c1-4-5-6-7-8-9-10-11-14-17-25-20(23)15-12-13-16-21(24)26-19(3)18(2)22/h19H,4-17H2,1-3H3. The number of Topliss-reactive ketones (excluding diaryl/α,β-unsaturated/α-hetero) is 1. The van der Waals surface area contributed by atoms with Gasteiger partial charge in [0.1, 0.15) is 0 Å². The van der Waals surface area contributed by atoms with Crippen LogP contribution in [0.3, 0.4) is 0 Å². The first-order valence-electron chi connectivity index (χ1n) is 10.3. The van der Waals surface area contributed by atoms with Gasteiger partial charge < -0.3 is 9.47 Å². The van der Waals surface area contributed by atoms with Crippen molar-refractivity contribution >= 4 is 17.7 Å². The van der Waals surface area contributed by atoms with Crippen LogP contribution < -0.4 is 0 Å². The van der Waals surface area contributed by atoms with Gasteiger partial charge in [0.2, 0.25) is 0 Å². The highest BCUT2D eigenvalue weighted by atomic mass is 16.5. The third-order valence-electron chi connectivity index (χ3n) is 4.40. The van der Waals surface area contributed by atoms with Crippen LogP contribution in [0.25, 0.3) is 0 Å². The summed E-state index contributed by atoms with van der Waals surface area (Å²) in [6.07, 6.45) is 12.2. The first-order valence-corrected chi connectivity index (χ1v) is 10.3. The minimum Gasteiger partial charge on any atom is -0.466 e. The van der Waals surface area contributed by atoms with Gasteiger partial charge in [0, 0.05) is 12.8 Å². The summed E-state index contributed by atoms with van der Waals surface area (Å²) in [7, 11) is 0. The molecule has 0 aliphatic heterocycles. The highest BCUT2D eigenvalue weighted by molar-refractivity contribution is 5.83. The van der Waals surface area contributed by atoms with E-state index < -0.39 is 12.1 Å². The van der Waals surface area contributed by atoms with E-state index >= 15 is 0 Å². The lowest BCUT2D eigenvalue weighted by Crippen LogP contribution is -2.21. The minimum absolute atomic E-state index is 0.168. The van der Waals surface area contributed by atoms with Crippen molar-refractivity contribution in [2.45, 2.75) is 110 Å². The molecule has 0 aliphatic rings. The molecule has 1 atom stereocenters. The topological polar surface area (TPSA) is 69.7 Å². The van der Waals surface area contributed by atoms with Gasteiger partial charge in [0.15, 0.2) is 11.9 Å². The quantitative estimate of drug-likeness (QED) is 0.262. The van der Waals surface area contributed by atoms with E-state index in [0.717, 1.165) is 12.8 Å². The maximum atomic E-state index is 11.6. The summed E-state index contributed by atoms with van der Waals surface area (Å²) in [6, 6.07) is 0. The summed E-state index contributed by atoms with van der Waals surface area (Å²) in [6.45, 7) is 5.67. The highest BCUT2D eigenvalue weighted by Gasteiger charge is 2.13. The molecule has 152 valence electrons. The van der Waals surface area contributed by atoms with Gasteiger partial charge in [-0.05, 0) is 33.1 Å². The molecule has 0 heterocycles. The molecule has 0 saturated heterocycles. The van der Waals surface area contributed by atoms with Crippen molar-refractivity contribution in [1.29, 1.82) is 0 Å². The van der Waals surface area contributed by atoms with Crippen LogP contribution in [0.15, 0.2) is 0 Å². The van der Waals surface area contributed by atoms with Gasteiger partial charge in [-0.15, -0.1) is 0 Å². The normalized spacial score (nSPS) is 11.8. The monoisotopic (exact) mass is 370 g/mol. The van der Waals surface area contributed by atoms with Crippen molar-refractivity contribution in [3.8, 4) is 0 Å². The van der Waals surface area contributed by atoms with Crippen molar-refractivity contribution in [3.63, 3.8) is 0 Å². The number of carbonyl (C=O) groups excluding carboxylic acids is 3. The fraction of sp³-hybridized carbons (Fsp3) is 0.857. The number of rotatable bonds is 17. The van der Waals surface area contributed by atoms with Crippen molar-refractivity contribution in [1.82, 2.24) is 0 Å². The van der Waals surface area contributed by atoms with Crippen molar-refractivity contribution in [3.05, 3.63) is 0 Å². The summed E-state index contributed by atoms with van der Waals surface area (Å²) >= 11 is 0. The lowest BCUT2D eigenvalue weighted by Gasteiger charge is -2.09. The Labute approximate surface area is 159 Å². The largest absolute Gasteiger partial charge is 0.466 e. The van der Waals surface area contributed by atoms with Crippen molar-refractivity contribution in [2.24, 2.45) is 0 Å². The number of hydrogen-bond acceptors (Lipinski definition) is 5. The van der Waals surface area contributed by atoms with Gasteiger partial charge in [-0.3, -0.25) is 14.4 Å². The predicted molar refractivity (Wildman–Crippen MR) is 103 cm³/mol. The molecule has 0 spiro atoms. The number of ether oxygens (including phenoxy) is 2. The Bertz CT molecular complexity index is 392. The Kier molecular flexibility index (Phi) is 16.1. The molecule has 1 unspecified atom stereocenters. The molecule has 0 bridgehead atoms. The summed E-state index contributed by atoms with van der Waals surface area (Å²) < 4.78 is 10.2. The predicted octanol–water partition coefficient (Wildman–Crippen LogP) is 5.14. The molecular formula is C21H38O5. The molecule has 0 rings (SSSR count). The zero-order chi connectivity index (χ0) is 19.6. The summed E-state index contributed by atoms with van der Waals surface area (Å²) in [5, 5.41) is 0. The van der Waals surface area contributed by atoms with Crippen LogP contribution in [-0.2, 0) is 23.9 Å². The zero-order valence-corrected chi connectivity index (χ0v) is 17.0. The average Bonchev–Trinajstić information content (AvgIpc) is 2.60. The third-order valence-corrected chi connectivity index (χ3v) is 4.40. The molecular weight excluding hydrogens is 332 g/mol. The van der Waals surface area contributed by atoms with Gasteiger partial charge in [0.05, 0.1) is 6.61 Å². The van der Waals surface area contributed by atoms with E-state index in [1.165, 1.54) is 51.9 Å². The van der Waals surface area contributed by atoms with E-state index in [-0.39, 0.29) is 18.2 Å². The average molecular weight is 371 g/mol. The Morgan fingerprint density at radius 3 is 1.77 bits per heavy atom. The van der Waals surface area contributed by atoms with E-state index in [9.17, 15) is 14.4 Å². The number of carbonyl (C=O) groups is 3. The van der Waals surface area contributed by atoms with Crippen LogP contribution in [0, 0.1) is 0 Å². The zero-order valence-electron chi connectivity index (χ0n) is 17.0. The molecule has 0 radical (unpaired) electrons. The molecule has 0 amide bonds. The van der Waals surface area contributed by atoms with Gasteiger partial charge >= 0.3 is 11.9 Å². The Morgan fingerprint density at radius 2 is 1.23 bits per heavy atom. The maximum absolute atomic E-state index is 11.6. The Balaban J connectivity index is 3.39. The van der Waals surface area contributed by atoms with Crippen LogP contribution in [0.1, 0.15) is 104 Å². The molecule has 0 aromatic rings. The lowest BCUT2D eigenvalue weighted by molar-refractivity contribution is -0.153. The highest BCUT2D eigenvalue weighted by Crippen LogP contribution is 2.10. The van der Waals surface area contributed by atoms with Crippen LogP contribution in [0.4, 0.5) is 0 Å². The van der Waals surface area contributed by atoms with E-state index in [1.807, 2.05) is 0 Å². The van der Waals surface area contributed by atoms with Crippen molar-refractivity contribution < 1.29 is 23.9 Å². The summed E-state index contributed by atoms with van der Waals surface area (Å²) in [5.41, 5.74) is 0. The molecule has 0 saturated carbocycles. The first-order chi connectivity index (χ1) is 12.5. The van der Waals surface area contributed by atoms with E-state index in [2.05, 4.69) is 6.92 Å². The van der Waals surface area contributed by atoms with Gasteiger partial charge in [-0.1, -0.05) is 58.3 Å². The molecule has 0 aromatic carbocycles. The smallest absolute Gasteiger partial charge is 0.306 e. The fourth-order valence-electron chi connectivity index (χ4n) is 2.55. The van der Waals surface area contributed by atoms with Crippen LogP contribution in [0.5, 0.6) is 0 Å². The molecule has 26 heavy (non-hydrogen) atoms. The second-order valence-electron chi connectivity index (χ2n) is 7.00. The molecule has 0 aromatic heterocycles. The summed E-state index contributed by atoms with van der Waals surface area (Å²) in [5.74, 6) is -0.760. The second kappa shape index (κ2) is 17.0. The van der Waals surface area contributed by atoms with E-state index in [0.29, 0.717) is 25.9 Å². The van der Waals surface area contributed by atoms with E-state index in [1.54, 1.807) is 6.92 Å². The number of unbranched alkanes of at least 4 members (excludes halogenated alkanes) is 9. The number of ketones is 1. The van der Waals surface area contributed by atoms with Crippen LogP contribution in [0.2, 0.25) is 0 Å². The van der Waals surface area contributed by atoms with E-state index in [4.69, 9.17) is 9.47 Å². The van der Waals surface area contributed by atoms with Gasteiger partial charge in [0.25, 0.3) is 0 Å².